The molecule has 1 rings (SSSR count). The van der Waals surface area contributed by atoms with Gasteiger partial charge in [0, 0.05) is 12.6 Å². The molecule has 0 aliphatic rings. The number of nitrogens with two attached hydrogens (primary N) is 1. The Kier molecular flexibility index (Phi) is 5.57. The van der Waals surface area contributed by atoms with Crippen LogP contribution < -0.4 is 15.2 Å². The molecule has 0 unspecified atom stereocenters. The molecule has 94 valence electrons. The second-order valence-corrected chi connectivity index (χ2v) is 4.01. The summed E-state index contributed by atoms with van der Waals surface area (Å²) in [6, 6.07) is 5.96. The van der Waals surface area contributed by atoms with Gasteiger partial charge in [-0.2, -0.15) is 0 Å². The highest BCUT2D eigenvalue weighted by Gasteiger charge is 2.02. The fraction of sp³-hybridized carbons (Fsp3) is 0.429. The van der Waals surface area contributed by atoms with Gasteiger partial charge in [0.05, 0.1) is 14.2 Å². The average molecular weight is 235 g/mol. The van der Waals surface area contributed by atoms with Crippen LogP contribution in [-0.2, 0) is 6.42 Å². The Morgan fingerprint density at radius 2 is 1.76 bits per heavy atom. The van der Waals surface area contributed by atoms with Crippen molar-refractivity contribution in [2.45, 2.75) is 19.8 Å². The highest BCUT2D eigenvalue weighted by molar-refractivity contribution is 5.38. The van der Waals surface area contributed by atoms with Crippen molar-refractivity contribution < 1.29 is 9.47 Å². The summed E-state index contributed by atoms with van der Waals surface area (Å²) < 4.78 is 10.5. The van der Waals surface area contributed by atoms with Crippen LogP contribution >= 0.6 is 0 Å². The number of rotatable bonds is 6. The molecule has 3 nitrogen and oxygen atoms in total. The molecule has 0 heterocycles. The minimum Gasteiger partial charge on any atom is -0.497 e. The summed E-state index contributed by atoms with van der Waals surface area (Å²) in [6.45, 7) is 2.71. The van der Waals surface area contributed by atoms with Gasteiger partial charge >= 0.3 is 0 Å². The third kappa shape index (κ3) is 4.49. The zero-order valence-corrected chi connectivity index (χ0v) is 10.8. The van der Waals surface area contributed by atoms with E-state index in [0.717, 1.165) is 24.3 Å². The third-order valence-electron chi connectivity index (χ3n) is 2.69. The lowest BCUT2D eigenvalue weighted by Gasteiger charge is -2.08. The first-order chi connectivity index (χ1) is 8.19. The van der Waals surface area contributed by atoms with Gasteiger partial charge in [-0.1, -0.05) is 11.6 Å². The van der Waals surface area contributed by atoms with Crippen LogP contribution in [0.3, 0.4) is 0 Å². The molecule has 1 aromatic carbocycles. The predicted octanol–water partition coefficient (Wildman–Crippen LogP) is 2.54. The maximum Gasteiger partial charge on any atom is 0.122 e. The largest absolute Gasteiger partial charge is 0.497 e. The van der Waals surface area contributed by atoms with E-state index in [1.54, 1.807) is 14.2 Å². The second kappa shape index (κ2) is 6.97. The molecule has 0 aliphatic carbocycles. The Morgan fingerprint density at radius 3 is 2.24 bits per heavy atom. The Hall–Kier alpha value is -1.48. The highest BCUT2D eigenvalue weighted by atomic mass is 16.5. The third-order valence-corrected chi connectivity index (χ3v) is 2.69. The number of methoxy groups -OCH3 is 2. The molecule has 1 aromatic rings. The van der Waals surface area contributed by atoms with E-state index in [2.05, 4.69) is 13.0 Å². The van der Waals surface area contributed by atoms with Crippen LogP contribution in [0, 0.1) is 0 Å². The highest BCUT2D eigenvalue weighted by Crippen LogP contribution is 2.23. The number of ether oxygens (including phenoxy) is 2. The standard InChI is InChI=1S/C14H21NO2/c1-11(6-7-15)4-5-12-8-13(16-2)10-14(9-12)17-3/h6,8-10H,4-5,7,15H2,1-3H3. The van der Waals surface area contributed by atoms with Crippen molar-refractivity contribution in [2.24, 2.45) is 5.73 Å². The van der Waals surface area contributed by atoms with E-state index in [1.807, 2.05) is 18.2 Å². The second-order valence-electron chi connectivity index (χ2n) is 4.01. The minimum atomic E-state index is 0.604. The van der Waals surface area contributed by atoms with E-state index >= 15 is 0 Å². The summed E-state index contributed by atoms with van der Waals surface area (Å²) in [4.78, 5) is 0. The molecule has 0 saturated heterocycles. The molecule has 0 amide bonds. The van der Waals surface area contributed by atoms with E-state index in [9.17, 15) is 0 Å². The van der Waals surface area contributed by atoms with E-state index in [-0.39, 0.29) is 0 Å². The molecular weight excluding hydrogens is 214 g/mol. The van der Waals surface area contributed by atoms with Crippen LogP contribution in [0.25, 0.3) is 0 Å². The van der Waals surface area contributed by atoms with Gasteiger partial charge in [-0.05, 0) is 37.5 Å². The maximum absolute atomic E-state index is 5.47. The van der Waals surface area contributed by atoms with Crippen LogP contribution in [-0.4, -0.2) is 20.8 Å². The van der Waals surface area contributed by atoms with Crippen molar-refractivity contribution in [2.75, 3.05) is 20.8 Å². The Morgan fingerprint density at radius 1 is 1.18 bits per heavy atom. The number of benzene rings is 1. The molecule has 2 N–H and O–H groups in total. The first-order valence-electron chi connectivity index (χ1n) is 5.77. The fourth-order valence-corrected chi connectivity index (χ4v) is 1.66. The molecular formula is C14H21NO2. The van der Waals surface area contributed by atoms with Crippen LogP contribution in [0.1, 0.15) is 18.9 Å². The first-order valence-corrected chi connectivity index (χ1v) is 5.77. The Bertz CT molecular complexity index is 364. The number of hydrogen-bond acceptors (Lipinski definition) is 3. The van der Waals surface area contributed by atoms with Gasteiger partial charge in [0.15, 0.2) is 0 Å². The quantitative estimate of drug-likeness (QED) is 0.771. The summed E-state index contributed by atoms with van der Waals surface area (Å²) in [6.07, 6.45) is 4.03. The van der Waals surface area contributed by atoms with Crippen LogP contribution in [0.5, 0.6) is 11.5 Å². The number of aryl methyl sites for hydroxylation is 1. The van der Waals surface area contributed by atoms with Gasteiger partial charge in [-0.3, -0.25) is 0 Å². The van der Waals surface area contributed by atoms with Crippen molar-refractivity contribution in [1.82, 2.24) is 0 Å². The summed E-state index contributed by atoms with van der Waals surface area (Å²) >= 11 is 0. The molecule has 0 bridgehead atoms. The molecule has 0 aromatic heterocycles. The van der Waals surface area contributed by atoms with Crippen LogP contribution in [0.4, 0.5) is 0 Å². The van der Waals surface area contributed by atoms with Crippen molar-refractivity contribution in [3.8, 4) is 11.5 Å². The minimum absolute atomic E-state index is 0.604. The van der Waals surface area contributed by atoms with Crippen molar-refractivity contribution >= 4 is 0 Å². The lowest BCUT2D eigenvalue weighted by molar-refractivity contribution is 0.393. The van der Waals surface area contributed by atoms with Gasteiger partial charge in [-0.25, -0.2) is 0 Å². The summed E-state index contributed by atoms with van der Waals surface area (Å²) in [5.41, 5.74) is 8.00. The van der Waals surface area contributed by atoms with Gasteiger partial charge in [-0.15, -0.1) is 0 Å². The summed E-state index contributed by atoms with van der Waals surface area (Å²) in [5, 5.41) is 0. The topological polar surface area (TPSA) is 44.5 Å². The van der Waals surface area contributed by atoms with Crippen LogP contribution in [0.2, 0.25) is 0 Å². The number of allylic oxidation sites excluding steroid dienone is 1. The van der Waals surface area contributed by atoms with Crippen LogP contribution in [0.15, 0.2) is 29.8 Å². The zero-order valence-electron chi connectivity index (χ0n) is 10.8. The molecule has 17 heavy (non-hydrogen) atoms. The summed E-state index contributed by atoms with van der Waals surface area (Å²) in [7, 11) is 3.33. The smallest absolute Gasteiger partial charge is 0.122 e. The van der Waals surface area contributed by atoms with Crippen molar-refractivity contribution in [3.05, 3.63) is 35.4 Å². The van der Waals surface area contributed by atoms with E-state index in [4.69, 9.17) is 15.2 Å². The molecule has 0 atom stereocenters. The Labute approximate surface area is 103 Å². The normalized spacial score (nSPS) is 11.4. The van der Waals surface area contributed by atoms with Crippen molar-refractivity contribution in [3.63, 3.8) is 0 Å². The lowest BCUT2D eigenvalue weighted by atomic mass is 10.0. The SMILES string of the molecule is COc1cc(CCC(C)=CCN)cc(OC)c1. The van der Waals surface area contributed by atoms with E-state index in [1.165, 1.54) is 11.1 Å². The lowest BCUT2D eigenvalue weighted by Crippen LogP contribution is -1.96. The molecule has 0 spiro atoms. The maximum atomic E-state index is 5.47. The molecule has 0 fully saturated rings. The fourth-order valence-electron chi connectivity index (χ4n) is 1.66. The number of hydrogen-bond donors (Lipinski definition) is 1. The Balaban J connectivity index is 2.73. The monoisotopic (exact) mass is 235 g/mol. The van der Waals surface area contributed by atoms with Gasteiger partial charge in [0.2, 0.25) is 0 Å². The van der Waals surface area contributed by atoms with E-state index < -0.39 is 0 Å². The molecule has 0 radical (unpaired) electrons. The first kappa shape index (κ1) is 13.6. The van der Waals surface area contributed by atoms with Crippen molar-refractivity contribution in [1.29, 1.82) is 0 Å². The van der Waals surface area contributed by atoms with E-state index in [0.29, 0.717) is 6.54 Å². The average Bonchev–Trinajstić information content (AvgIpc) is 2.36. The predicted molar refractivity (Wildman–Crippen MR) is 70.7 cm³/mol. The molecule has 0 aliphatic heterocycles. The zero-order chi connectivity index (χ0) is 12.7. The van der Waals surface area contributed by atoms with Gasteiger partial charge in [0.25, 0.3) is 0 Å². The molecule has 3 heteroatoms. The van der Waals surface area contributed by atoms with Gasteiger partial charge in [0.1, 0.15) is 11.5 Å². The summed E-state index contributed by atoms with van der Waals surface area (Å²) in [5.74, 6) is 1.67. The van der Waals surface area contributed by atoms with Gasteiger partial charge < -0.3 is 15.2 Å². The molecule has 0 saturated carbocycles.